The predicted octanol–water partition coefficient (Wildman–Crippen LogP) is 15.3. The van der Waals surface area contributed by atoms with Crippen LogP contribution in [0, 0.1) is 0 Å². The van der Waals surface area contributed by atoms with Crippen LogP contribution in [0.15, 0.2) is 60.8 Å². The van der Waals surface area contributed by atoms with E-state index in [9.17, 15) is 14.3 Å². The van der Waals surface area contributed by atoms with Crippen molar-refractivity contribution in [3.8, 4) is 0 Å². The molecule has 0 spiro atoms. The molecule has 9 heteroatoms. The Balaban J connectivity index is 4.00. The first kappa shape index (κ1) is 58.2. The Kier molecular flexibility index (Phi) is 46.8. The van der Waals surface area contributed by atoms with Crippen LogP contribution >= 0.6 is 7.82 Å². The molecule has 8 nitrogen and oxygen atoms in total. The van der Waals surface area contributed by atoms with Crippen molar-refractivity contribution >= 4 is 13.8 Å². The first-order chi connectivity index (χ1) is 29.4. The van der Waals surface area contributed by atoms with E-state index in [2.05, 4.69) is 74.6 Å². The molecule has 0 aromatic rings. The van der Waals surface area contributed by atoms with Crippen LogP contribution in [0.1, 0.15) is 219 Å². The van der Waals surface area contributed by atoms with Gasteiger partial charge in [0.25, 0.3) is 0 Å². The van der Waals surface area contributed by atoms with Gasteiger partial charge in [0.2, 0.25) is 0 Å². The molecule has 2 atom stereocenters. The minimum atomic E-state index is -4.29. The van der Waals surface area contributed by atoms with Crippen molar-refractivity contribution < 1.29 is 32.8 Å². The van der Waals surface area contributed by atoms with Crippen LogP contribution < -0.4 is 5.73 Å². The number of rotatable bonds is 47. The largest absolute Gasteiger partial charge is 0.472 e. The van der Waals surface area contributed by atoms with Gasteiger partial charge in [0, 0.05) is 19.6 Å². The maximum atomic E-state index is 12.6. The van der Waals surface area contributed by atoms with Gasteiger partial charge in [-0.05, 0) is 83.5 Å². The lowest BCUT2D eigenvalue weighted by atomic mass is 10.1. The maximum Gasteiger partial charge on any atom is 0.472 e. The van der Waals surface area contributed by atoms with Crippen molar-refractivity contribution in [2.45, 2.75) is 225 Å². The molecule has 0 aromatic heterocycles. The third kappa shape index (κ3) is 47.3. The molecule has 0 radical (unpaired) electrons. The summed E-state index contributed by atoms with van der Waals surface area (Å²) in [4.78, 5) is 22.6. The molecule has 0 aliphatic heterocycles. The zero-order valence-corrected chi connectivity index (χ0v) is 39.8. The van der Waals surface area contributed by atoms with Crippen LogP contribution in [0.4, 0.5) is 0 Å². The molecule has 60 heavy (non-hydrogen) atoms. The fourth-order valence-corrected chi connectivity index (χ4v) is 7.51. The average molecular weight is 864 g/mol. The van der Waals surface area contributed by atoms with Crippen LogP contribution in [0.2, 0.25) is 0 Å². The van der Waals surface area contributed by atoms with Crippen molar-refractivity contribution in [2.24, 2.45) is 5.73 Å². The van der Waals surface area contributed by atoms with E-state index in [4.69, 9.17) is 24.3 Å². The Morgan fingerprint density at radius 1 is 0.500 bits per heavy atom. The monoisotopic (exact) mass is 864 g/mol. The molecular formula is C51H94NO7P. The number of nitrogens with two attached hydrogens (primary N) is 1. The number of allylic oxidation sites excluding steroid dienone is 10. The number of unbranched alkanes of at least 4 members (excludes halogenated alkanes) is 24. The Hall–Kier alpha value is -1.80. The summed E-state index contributed by atoms with van der Waals surface area (Å²) in [6, 6.07) is 0. The second-order valence-electron chi connectivity index (χ2n) is 16.3. The van der Waals surface area contributed by atoms with Gasteiger partial charge >= 0.3 is 13.8 Å². The molecule has 2 unspecified atom stereocenters. The molecule has 0 heterocycles. The van der Waals surface area contributed by atoms with Crippen molar-refractivity contribution in [3.63, 3.8) is 0 Å². The van der Waals surface area contributed by atoms with Gasteiger partial charge in [0.1, 0.15) is 6.10 Å². The first-order valence-electron chi connectivity index (χ1n) is 24.8. The van der Waals surface area contributed by atoms with E-state index in [1.807, 2.05) is 0 Å². The number of ether oxygens (including phenoxy) is 2. The molecule has 0 saturated carbocycles. The zero-order valence-electron chi connectivity index (χ0n) is 38.9. The number of phosphoric acid groups is 1. The van der Waals surface area contributed by atoms with Gasteiger partial charge in [-0.25, -0.2) is 4.57 Å². The topological polar surface area (TPSA) is 117 Å². The normalized spacial score (nSPS) is 13.9. The Morgan fingerprint density at radius 2 is 0.883 bits per heavy atom. The highest BCUT2D eigenvalue weighted by molar-refractivity contribution is 7.47. The van der Waals surface area contributed by atoms with E-state index >= 15 is 0 Å². The summed E-state index contributed by atoms with van der Waals surface area (Å²) < 4.78 is 33.5. The van der Waals surface area contributed by atoms with Gasteiger partial charge in [-0.2, -0.15) is 0 Å². The second kappa shape index (κ2) is 48.2. The molecule has 0 fully saturated rings. The van der Waals surface area contributed by atoms with Gasteiger partial charge in [0.05, 0.1) is 19.8 Å². The second-order valence-corrected chi connectivity index (χ2v) is 17.8. The molecular weight excluding hydrogens is 770 g/mol. The number of phosphoric ester groups is 1. The summed E-state index contributed by atoms with van der Waals surface area (Å²) in [5.74, 6) is -0.344. The quantitative estimate of drug-likeness (QED) is 0.0269. The highest BCUT2D eigenvalue weighted by Gasteiger charge is 2.25. The lowest BCUT2D eigenvalue weighted by molar-refractivity contribution is -0.154. The van der Waals surface area contributed by atoms with Gasteiger partial charge in [-0.15, -0.1) is 0 Å². The van der Waals surface area contributed by atoms with Crippen LogP contribution in [0.25, 0.3) is 0 Å². The van der Waals surface area contributed by atoms with Gasteiger partial charge < -0.3 is 20.1 Å². The van der Waals surface area contributed by atoms with E-state index in [1.165, 1.54) is 135 Å². The molecule has 0 amide bonds. The van der Waals surface area contributed by atoms with Crippen molar-refractivity contribution in [1.29, 1.82) is 0 Å². The van der Waals surface area contributed by atoms with Gasteiger partial charge in [-0.1, -0.05) is 190 Å². The first-order valence-corrected chi connectivity index (χ1v) is 26.3. The van der Waals surface area contributed by atoms with Crippen LogP contribution in [0.5, 0.6) is 0 Å². The lowest BCUT2D eigenvalue weighted by Crippen LogP contribution is -2.28. The third-order valence-corrected chi connectivity index (χ3v) is 11.4. The minimum Gasteiger partial charge on any atom is -0.457 e. The van der Waals surface area contributed by atoms with Crippen LogP contribution in [-0.2, 0) is 27.9 Å². The molecule has 0 saturated heterocycles. The number of carbonyl (C=O) groups is 1. The van der Waals surface area contributed by atoms with E-state index in [0.717, 1.165) is 64.2 Å². The van der Waals surface area contributed by atoms with Crippen LogP contribution in [0.3, 0.4) is 0 Å². The summed E-state index contributed by atoms with van der Waals surface area (Å²) in [7, 11) is -4.29. The average Bonchev–Trinajstić information content (AvgIpc) is 3.24. The summed E-state index contributed by atoms with van der Waals surface area (Å²) in [6.45, 7) is 4.87. The molecule has 0 aliphatic rings. The number of hydrogen-bond donors (Lipinski definition) is 2. The molecule has 0 aliphatic carbocycles. The zero-order chi connectivity index (χ0) is 43.7. The Labute approximate surface area is 370 Å². The fraction of sp³-hybridized carbons (Fsp3) is 0.784. The standard InChI is InChI=1S/C51H94NO7P/c1-3-5-7-9-11-13-15-17-19-21-23-24-25-27-29-31-33-35-37-39-41-43-46-56-48-50(49-58-60(54,55)57-47-45-52)59-51(53)44-42-40-38-36-34-32-30-28-26-22-20-18-16-14-12-10-8-6-4-2/h12,14-15,17-18,20-21,23,26,28,50H,3-11,13,16,19,22,24-25,27,29-49,52H2,1-2H3,(H,54,55)/b14-12-,17-15-,20-18-,23-21-,28-26-. The predicted molar refractivity (Wildman–Crippen MR) is 256 cm³/mol. The minimum absolute atomic E-state index is 0.0953. The smallest absolute Gasteiger partial charge is 0.457 e. The van der Waals surface area contributed by atoms with E-state index in [0.29, 0.717) is 13.0 Å². The highest BCUT2D eigenvalue weighted by atomic mass is 31.2. The summed E-state index contributed by atoms with van der Waals surface area (Å²) >= 11 is 0. The van der Waals surface area contributed by atoms with E-state index < -0.39 is 13.9 Å². The molecule has 0 bridgehead atoms. The van der Waals surface area contributed by atoms with E-state index in [1.54, 1.807) is 0 Å². The Morgan fingerprint density at radius 3 is 1.35 bits per heavy atom. The Bertz CT molecular complexity index is 1110. The van der Waals surface area contributed by atoms with Crippen LogP contribution in [-0.4, -0.2) is 49.9 Å². The highest BCUT2D eigenvalue weighted by Crippen LogP contribution is 2.43. The fourth-order valence-electron chi connectivity index (χ4n) is 6.74. The maximum absolute atomic E-state index is 12.6. The van der Waals surface area contributed by atoms with Gasteiger partial charge in [-0.3, -0.25) is 13.8 Å². The summed E-state index contributed by atoms with van der Waals surface area (Å²) in [5.41, 5.74) is 5.38. The molecule has 0 rings (SSSR count). The molecule has 350 valence electrons. The van der Waals surface area contributed by atoms with Crippen molar-refractivity contribution in [2.75, 3.05) is 33.0 Å². The number of hydrogen-bond acceptors (Lipinski definition) is 7. The number of esters is 1. The van der Waals surface area contributed by atoms with Crippen molar-refractivity contribution in [3.05, 3.63) is 60.8 Å². The molecule has 0 aromatic carbocycles. The van der Waals surface area contributed by atoms with Gasteiger partial charge in [0.15, 0.2) is 0 Å². The molecule has 3 N–H and O–H groups in total. The number of carbonyl (C=O) groups excluding carboxylic acids is 1. The summed E-state index contributed by atoms with van der Waals surface area (Å²) in [5, 5.41) is 0. The lowest BCUT2D eigenvalue weighted by Gasteiger charge is -2.20. The van der Waals surface area contributed by atoms with E-state index in [-0.39, 0.29) is 32.3 Å². The third-order valence-electron chi connectivity index (χ3n) is 10.4. The summed E-state index contributed by atoms with van der Waals surface area (Å²) in [6.07, 6.45) is 59.6. The SMILES string of the molecule is CCCCC/C=C\C/C=C\C/C=C\CCCCCCCCC(=O)OC(COCCCCCCCCCCCC/C=C\C/C=C\CCCCCCC)COP(=O)(O)OCCN. The van der Waals surface area contributed by atoms with Crippen molar-refractivity contribution in [1.82, 2.24) is 0 Å².